The molecular weight excluding hydrogens is 335 g/mol. The largest absolute Gasteiger partial charge is 0.416 e. The predicted octanol–water partition coefficient (Wildman–Crippen LogP) is 2.43. The molecule has 0 bridgehead atoms. The Labute approximate surface area is 139 Å². The number of halogens is 3. The third kappa shape index (κ3) is 3.10. The van der Waals surface area contributed by atoms with Gasteiger partial charge in [-0.05, 0) is 17.7 Å². The summed E-state index contributed by atoms with van der Waals surface area (Å²) in [7, 11) is 0. The van der Waals surface area contributed by atoms with E-state index >= 15 is 0 Å². The number of nitrogens with zero attached hydrogens (tertiary/aromatic N) is 1. The van der Waals surface area contributed by atoms with E-state index in [4.69, 9.17) is 5.73 Å². The molecule has 1 amide bonds. The van der Waals surface area contributed by atoms with E-state index < -0.39 is 23.2 Å². The summed E-state index contributed by atoms with van der Waals surface area (Å²) >= 11 is 0. The van der Waals surface area contributed by atoms with E-state index in [9.17, 15) is 22.8 Å². The first-order valence-corrected chi connectivity index (χ1v) is 7.16. The summed E-state index contributed by atoms with van der Waals surface area (Å²) in [5, 5.41) is 6.28. The van der Waals surface area contributed by atoms with Crippen molar-refractivity contribution in [2.45, 2.75) is 12.6 Å². The molecule has 0 saturated heterocycles. The van der Waals surface area contributed by atoms with E-state index in [2.05, 4.69) is 16.3 Å². The molecule has 2 aromatic carbocycles. The lowest BCUT2D eigenvalue weighted by molar-refractivity contribution is -0.138. The number of aromatic nitrogens is 2. The summed E-state index contributed by atoms with van der Waals surface area (Å²) in [6.07, 6.45) is -4.69. The van der Waals surface area contributed by atoms with Crippen molar-refractivity contribution >= 4 is 16.7 Å². The number of primary amides is 1. The van der Waals surface area contributed by atoms with Gasteiger partial charge in [-0.15, -0.1) is 0 Å². The van der Waals surface area contributed by atoms with Crippen LogP contribution < -0.4 is 11.3 Å². The molecule has 0 saturated carbocycles. The summed E-state index contributed by atoms with van der Waals surface area (Å²) in [5.41, 5.74) is 3.87. The van der Waals surface area contributed by atoms with Crippen LogP contribution in [0.1, 0.15) is 27.2 Å². The number of rotatable bonds is 3. The van der Waals surface area contributed by atoms with Gasteiger partial charge in [-0.1, -0.05) is 30.3 Å². The lowest BCUT2D eigenvalue weighted by atomic mass is 9.98. The van der Waals surface area contributed by atoms with Crippen LogP contribution in [0.5, 0.6) is 0 Å². The Bertz CT molecular complexity index is 1030. The highest BCUT2D eigenvalue weighted by atomic mass is 19.4. The first kappa shape index (κ1) is 16.7. The summed E-state index contributed by atoms with van der Waals surface area (Å²) in [6.45, 7) is 0. The van der Waals surface area contributed by atoms with Crippen molar-refractivity contribution in [2.75, 3.05) is 0 Å². The molecular formula is C17H11F3N3O2. The molecule has 3 aromatic rings. The highest BCUT2D eigenvalue weighted by Gasteiger charge is 2.33. The maximum absolute atomic E-state index is 13.2. The van der Waals surface area contributed by atoms with Crippen molar-refractivity contribution in [1.29, 1.82) is 0 Å². The number of carbonyl (C=O) groups is 1. The second kappa shape index (κ2) is 6.04. The highest BCUT2D eigenvalue weighted by molar-refractivity contribution is 6.06. The van der Waals surface area contributed by atoms with Gasteiger partial charge in [-0.3, -0.25) is 9.59 Å². The fourth-order valence-corrected chi connectivity index (χ4v) is 2.67. The van der Waals surface area contributed by atoms with Crippen LogP contribution in [-0.2, 0) is 12.6 Å². The number of nitrogens with two attached hydrogens (primary N) is 1. The summed E-state index contributed by atoms with van der Waals surface area (Å²) in [4.78, 5) is 23.5. The number of hydrogen-bond donors (Lipinski definition) is 2. The molecule has 3 rings (SSSR count). The van der Waals surface area contributed by atoms with Crippen LogP contribution in [0.2, 0.25) is 0 Å². The van der Waals surface area contributed by atoms with Gasteiger partial charge >= 0.3 is 6.18 Å². The molecule has 0 unspecified atom stereocenters. The number of benzene rings is 2. The smallest absolute Gasteiger partial charge is 0.366 e. The van der Waals surface area contributed by atoms with E-state index in [0.29, 0.717) is 0 Å². The molecule has 0 spiro atoms. The highest BCUT2D eigenvalue weighted by Crippen LogP contribution is 2.33. The van der Waals surface area contributed by atoms with Crippen LogP contribution in [-0.4, -0.2) is 16.1 Å². The van der Waals surface area contributed by atoms with Crippen molar-refractivity contribution < 1.29 is 18.0 Å². The molecule has 1 radical (unpaired) electrons. The Morgan fingerprint density at radius 1 is 1.24 bits per heavy atom. The number of amides is 1. The van der Waals surface area contributed by atoms with Crippen molar-refractivity contribution in [3.63, 3.8) is 0 Å². The zero-order valence-electron chi connectivity index (χ0n) is 12.6. The zero-order chi connectivity index (χ0) is 18.2. The fraction of sp³-hybridized carbons (Fsp3) is 0.118. The van der Waals surface area contributed by atoms with Crippen molar-refractivity contribution in [2.24, 2.45) is 5.73 Å². The molecule has 25 heavy (non-hydrogen) atoms. The molecule has 5 nitrogen and oxygen atoms in total. The second-order valence-corrected chi connectivity index (χ2v) is 5.34. The minimum atomic E-state index is -4.51. The van der Waals surface area contributed by atoms with Crippen LogP contribution in [0.3, 0.4) is 0 Å². The van der Waals surface area contributed by atoms with Crippen LogP contribution >= 0.6 is 0 Å². The van der Waals surface area contributed by atoms with Gasteiger partial charge in [0.05, 0.1) is 22.2 Å². The SMILES string of the molecule is NC(=O)c1[c]ccc2c(Cc3ccccc3C(F)(F)F)n[nH]c(=O)c12. The van der Waals surface area contributed by atoms with Gasteiger partial charge < -0.3 is 5.73 Å². The standard InChI is InChI=1S/C17H11F3N3O2/c18-17(19,20)12-7-2-1-4-9(12)8-13-10-5-3-6-11(15(21)24)14(10)16(25)23-22-13/h1-5,7H,8H2,(H2,21,24)(H,23,25). The Kier molecular flexibility index (Phi) is 4.03. The Balaban J connectivity index is 2.20. The first-order valence-electron chi connectivity index (χ1n) is 7.16. The summed E-state index contributed by atoms with van der Waals surface area (Å²) < 4.78 is 39.5. The van der Waals surface area contributed by atoms with E-state index in [1.54, 1.807) is 0 Å². The molecule has 0 aliphatic carbocycles. The number of H-pyrrole nitrogens is 1. The molecule has 0 fully saturated rings. The number of fused-ring (bicyclic) bond motifs is 1. The van der Waals surface area contributed by atoms with Gasteiger partial charge in [0.1, 0.15) is 0 Å². The van der Waals surface area contributed by atoms with Crippen molar-refractivity contribution in [3.05, 3.63) is 75.2 Å². The minimum Gasteiger partial charge on any atom is -0.366 e. The van der Waals surface area contributed by atoms with Crippen molar-refractivity contribution in [3.8, 4) is 0 Å². The van der Waals surface area contributed by atoms with Gasteiger partial charge in [0, 0.05) is 11.8 Å². The lowest BCUT2D eigenvalue weighted by Crippen LogP contribution is -2.19. The van der Waals surface area contributed by atoms with Crippen LogP contribution in [0.15, 0.2) is 41.2 Å². The maximum Gasteiger partial charge on any atom is 0.416 e. The fourth-order valence-electron chi connectivity index (χ4n) is 2.67. The molecule has 127 valence electrons. The average molecular weight is 346 g/mol. The third-order valence-electron chi connectivity index (χ3n) is 3.75. The Morgan fingerprint density at radius 3 is 2.64 bits per heavy atom. The molecule has 3 N–H and O–H groups in total. The number of alkyl halides is 3. The Hall–Kier alpha value is -3.16. The molecule has 0 atom stereocenters. The Morgan fingerprint density at radius 2 is 1.96 bits per heavy atom. The van der Waals surface area contributed by atoms with Crippen LogP contribution in [0.25, 0.3) is 10.8 Å². The van der Waals surface area contributed by atoms with E-state index in [0.717, 1.165) is 6.07 Å². The summed E-state index contributed by atoms with van der Waals surface area (Å²) in [5.74, 6) is -0.857. The first-order chi connectivity index (χ1) is 11.8. The molecule has 1 heterocycles. The molecule has 1 aromatic heterocycles. The van der Waals surface area contributed by atoms with Gasteiger partial charge in [-0.25, -0.2) is 5.10 Å². The lowest BCUT2D eigenvalue weighted by Gasteiger charge is -2.13. The quantitative estimate of drug-likeness (QED) is 0.763. The monoisotopic (exact) mass is 346 g/mol. The van der Waals surface area contributed by atoms with Crippen LogP contribution in [0, 0.1) is 6.07 Å². The zero-order valence-corrected chi connectivity index (χ0v) is 12.6. The summed E-state index contributed by atoms with van der Waals surface area (Å²) in [6, 6.07) is 10.5. The minimum absolute atomic E-state index is 0.00399. The van der Waals surface area contributed by atoms with E-state index in [1.807, 2.05) is 0 Å². The maximum atomic E-state index is 13.2. The third-order valence-corrected chi connectivity index (χ3v) is 3.75. The second-order valence-electron chi connectivity index (χ2n) is 5.34. The number of aromatic amines is 1. The topological polar surface area (TPSA) is 88.8 Å². The van der Waals surface area contributed by atoms with Gasteiger partial charge in [0.2, 0.25) is 5.91 Å². The number of nitrogens with one attached hydrogen (secondary N) is 1. The van der Waals surface area contributed by atoms with Gasteiger partial charge in [-0.2, -0.15) is 18.3 Å². The van der Waals surface area contributed by atoms with E-state index in [-0.39, 0.29) is 34.0 Å². The number of carbonyl (C=O) groups excluding carboxylic acids is 1. The predicted molar refractivity (Wildman–Crippen MR) is 84.0 cm³/mol. The van der Waals surface area contributed by atoms with Gasteiger partial charge in [0.15, 0.2) is 0 Å². The van der Waals surface area contributed by atoms with E-state index in [1.165, 1.54) is 30.3 Å². The van der Waals surface area contributed by atoms with Crippen LogP contribution in [0.4, 0.5) is 13.2 Å². The average Bonchev–Trinajstić information content (AvgIpc) is 2.56. The molecule has 0 aliphatic rings. The normalized spacial score (nSPS) is 11.6. The molecule has 0 aliphatic heterocycles. The van der Waals surface area contributed by atoms with Crippen molar-refractivity contribution in [1.82, 2.24) is 10.2 Å². The number of hydrogen-bond acceptors (Lipinski definition) is 3. The van der Waals surface area contributed by atoms with Gasteiger partial charge in [0.25, 0.3) is 5.56 Å². The molecule has 8 heteroatoms.